The molecule has 0 unspecified atom stereocenters. The molecule has 136 valence electrons. The van der Waals surface area contributed by atoms with Gasteiger partial charge in [0.15, 0.2) is 0 Å². The molecule has 1 aliphatic heterocycles. The Morgan fingerprint density at radius 3 is 2.81 bits per heavy atom. The van der Waals surface area contributed by atoms with Crippen molar-refractivity contribution in [2.45, 2.75) is 32.2 Å². The fourth-order valence-corrected chi connectivity index (χ4v) is 4.04. The molecule has 1 amide bonds. The summed E-state index contributed by atoms with van der Waals surface area (Å²) >= 11 is 0. The summed E-state index contributed by atoms with van der Waals surface area (Å²) < 4.78 is 1.83. The summed E-state index contributed by atoms with van der Waals surface area (Å²) in [4.78, 5) is 21.8. The lowest BCUT2D eigenvalue weighted by atomic mass is 9.73. The van der Waals surface area contributed by atoms with Gasteiger partial charge in [-0.25, -0.2) is 9.97 Å². The largest absolute Gasteiger partial charge is 0.349 e. The number of nitrogens with one attached hydrogen (secondary N) is 2. The minimum Gasteiger partial charge on any atom is -0.349 e. The van der Waals surface area contributed by atoms with E-state index in [1.807, 2.05) is 41.2 Å². The van der Waals surface area contributed by atoms with Gasteiger partial charge in [-0.1, -0.05) is 32.0 Å². The Bertz CT molecular complexity index is 1050. The van der Waals surface area contributed by atoms with Gasteiger partial charge in [0.1, 0.15) is 11.4 Å². The smallest absolute Gasteiger partial charge is 0.269 e. The molecular weight excluding hydrogens is 340 g/mol. The lowest BCUT2D eigenvalue weighted by Crippen LogP contribution is -2.38. The van der Waals surface area contributed by atoms with E-state index in [1.165, 1.54) is 0 Å². The third kappa shape index (κ3) is 2.50. The van der Waals surface area contributed by atoms with Crippen molar-refractivity contribution in [3.8, 4) is 11.4 Å². The summed E-state index contributed by atoms with van der Waals surface area (Å²) in [5, 5.41) is 10.9. The van der Waals surface area contributed by atoms with E-state index in [2.05, 4.69) is 29.5 Å². The molecule has 0 spiro atoms. The molecule has 0 bridgehead atoms. The number of hydrogen-bond donors (Lipinski definition) is 2. The number of carbonyl (C=O) groups excluding carboxylic acids is 1. The molecule has 7 nitrogen and oxygen atoms in total. The van der Waals surface area contributed by atoms with Gasteiger partial charge in [-0.05, 0) is 29.5 Å². The maximum absolute atomic E-state index is 12.5. The number of hydrogen-bond acceptors (Lipinski definition) is 5. The van der Waals surface area contributed by atoms with E-state index in [-0.39, 0.29) is 11.3 Å². The standard InChI is InChI=1S/C20H20N6O/c1-20(2)10-12-11-22-19(23-13-6-4-3-5-7-13)24-15(12)16-14(20)17-18(27)21-8-9-26(17)25-16/h3-7,11H,8-10H2,1-2H3,(H,21,27)(H,22,23,24). The maximum atomic E-state index is 12.5. The molecule has 3 heterocycles. The number of aromatic nitrogens is 4. The van der Waals surface area contributed by atoms with Crippen LogP contribution in [0.2, 0.25) is 0 Å². The fraction of sp³-hybridized carbons (Fsp3) is 0.300. The van der Waals surface area contributed by atoms with Crippen molar-refractivity contribution in [2.75, 3.05) is 11.9 Å². The third-order valence-corrected chi connectivity index (χ3v) is 5.20. The lowest BCUT2D eigenvalue weighted by molar-refractivity contribution is 0.0921. The van der Waals surface area contributed by atoms with Gasteiger partial charge in [0.2, 0.25) is 5.95 Å². The summed E-state index contributed by atoms with van der Waals surface area (Å²) in [5.41, 5.74) is 5.04. The quantitative estimate of drug-likeness (QED) is 0.734. The first-order chi connectivity index (χ1) is 13.0. The average Bonchev–Trinajstić information content (AvgIpc) is 3.05. The second-order valence-corrected chi connectivity index (χ2v) is 7.67. The normalized spacial score (nSPS) is 16.7. The lowest BCUT2D eigenvalue weighted by Gasteiger charge is -2.31. The van der Waals surface area contributed by atoms with Gasteiger partial charge in [0, 0.05) is 24.0 Å². The van der Waals surface area contributed by atoms with Crippen LogP contribution >= 0.6 is 0 Å². The average molecular weight is 360 g/mol. The molecule has 0 saturated heterocycles. The first-order valence-corrected chi connectivity index (χ1v) is 9.11. The number of fused-ring (bicyclic) bond motifs is 5. The molecule has 5 rings (SSSR count). The van der Waals surface area contributed by atoms with E-state index in [0.717, 1.165) is 34.6 Å². The number of amides is 1. The fourth-order valence-electron chi connectivity index (χ4n) is 4.04. The zero-order chi connectivity index (χ0) is 18.6. The Morgan fingerprint density at radius 2 is 2.00 bits per heavy atom. The molecule has 0 saturated carbocycles. The summed E-state index contributed by atoms with van der Waals surface area (Å²) in [6.45, 7) is 5.58. The van der Waals surface area contributed by atoms with Gasteiger partial charge in [0.25, 0.3) is 5.91 Å². The second kappa shape index (κ2) is 5.64. The molecule has 1 aliphatic carbocycles. The molecule has 2 aliphatic rings. The van der Waals surface area contributed by atoms with Crippen LogP contribution in [0.15, 0.2) is 36.5 Å². The van der Waals surface area contributed by atoms with Gasteiger partial charge in [-0.15, -0.1) is 0 Å². The highest BCUT2D eigenvalue weighted by atomic mass is 16.2. The Kier molecular flexibility index (Phi) is 3.34. The summed E-state index contributed by atoms with van der Waals surface area (Å²) in [6, 6.07) is 9.83. The molecule has 0 fully saturated rings. The van der Waals surface area contributed by atoms with E-state index in [9.17, 15) is 4.79 Å². The van der Waals surface area contributed by atoms with Gasteiger partial charge in [0.05, 0.1) is 12.2 Å². The van der Waals surface area contributed by atoms with Crippen LogP contribution < -0.4 is 10.6 Å². The monoisotopic (exact) mass is 360 g/mol. The molecule has 1 aromatic carbocycles. The number of anilines is 2. The molecule has 0 radical (unpaired) electrons. The number of carbonyl (C=O) groups is 1. The van der Waals surface area contributed by atoms with Crippen molar-refractivity contribution >= 4 is 17.5 Å². The van der Waals surface area contributed by atoms with Crippen LogP contribution in [0.25, 0.3) is 11.4 Å². The molecule has 27 heavy (non-hydrogen) atoms. The predicted octanol–water partition coefficient (Wildman–Crippen LogP) is 2.66. The van der Waals surface area contributed by atoms with Crippen molar-refractivity contribution in [3.05, 3.63) is 53.3 Å². The van der Waals surface area contributed by atoms with Crippen LogP contribution in [0, 0.1) is 0 Å². The third-order valence-electron chi connectivity index (χ3n) is 5.20. The van der Waals surface area contributed by atoms with E-state index >= 15 is 0 Å². The van der Waals surface area contributed by atoms with E-state index in [4.69, 9.17) is 10.1 Å². The van der Waals surface area contributed by atoms with Crippen LogP contribution in [-0.4, -0.2) is 32.2 Å². The Hall–Kier alpha value is -3.22. The molecule has 3 aromatic rings. The van der Waals surface area contributed by atoms with E-state index in [0.29, 0.717) is 24.7 Å². The SMILES string of the molecule is CC1(C)Cc2cnc(Nc3ccccc3)nc2-c2nn3c(c21)C(=O)NCC3. The predicted molar refractivity (Wildman–Crippen MR) is 102 cm³/mol. The summed E-state index contributed by atoms with van der Waals surface area (Å²) in [6.07, 6.45) is 2.64. The van der Waals surface area contributed by atoms with Crippen molar-refractivity contribution in [3.63, 3.8) is 0 Å². The van der Waals surface area contributed by atoms with Crippen LogP contribution in [0.1, 0.15) is 35.5 Å². The van der Waals surface area contributed by atoms with Crippen molar-refractivity contribution in [2.24, 2.45) is 0 Å². The minimum absolute atomic E-state index is 0.0526. The van der Waals surface area contributed by atoms with Gasteiger partial charge < -0.3 is 10.6 Å². The number of para-hydroxylation sites is 1. The summed E-state index contributed by atoms with van der Waals surface area (Å²) in [7, 11) is 0. The number of rotatable bonds is 2. The summed E-state index contributed by atoms with van der Waals surface area (Å²) in [5.74, 6) is 0.476. The Labute approximate surface area is 156 Å². The van der Waals surface area contributed by atoms with Crippen LogP contribution in [0.3, 0.4) is 0 Å². The zero-order valence-corrected chi connectivity index (χ0v) is 15.3. The Balaban J connectivity index is 1.65. The molecule has 7 heteroatoms. The van der Waals surface area contributed by atoms with Crippen molar-refractivity contribution < 1.29 is 4.79 Å². The second-order valence-electron chi connectivity index (χ2n) is 7.67. The number of nitrogens with zero attached hydrogens (tertiary/aromatic N) is 4. The highest BCUT2D eigenvalue weighted by molar-refractivity contribution is 5.97. The van der Waals surface area contributed by atoms with Crippen LogP contribution in [-0.2, 0) is 18.4 Å². The number of benzene rings is 1. The van der Waals surface area contributed by atoms with Crippen LogP contribution in [0.4, 0.5) is 11.6 Å². The first-order valence-electron chi connectivity index (χ1n) is 9.11. The van der Waals surface area contributed by atoms with Crippen molar-refractivity contribution in [1.82, 2.24) is 25.1 Å². The maximum Gasteiger partial charge on any atom is 0.269 e. The molecule has 0 atom stereocenters. The van der Waals surface area contributed by atoms with Gasteiger partial charge in [-0.2, -0.15) is 5.10 Å². The zero-order valence-electron chi connectivity index (χ0n) is 15.3. The first kappa shape index (κ1) is 16.0. The highest BCUT2D eigenvalue weighted by Crippen LogP contribution is 2.44. The van der Waals surface area contributed by atoms with Gasteiger partial charge in [-0.3, -0.25) is 9.48 Å². The molecule has 2 aromatic heterocycles. The van der Waals surface area contributed by atoms with E-state index < -0.39 is 0 Å². The van der Waals surface area contributed by atoms with Crippen LogP contribution in [0.5, 0.6) is 0 Å². The minimum atomic E-state index is -0.206. The van der Waals surface area contributed by atoms with Gasteiger partial charge >= 0.3 is 0 Å². The van der Waals surface area contributed by atoms with E-state index in [1.54, 1.807) is 0 Å². The Morgan fingerprint density at radius 1 is 1.19 bits per heavy atom. The molecular formula is C20H20N6O. The topological polar surface area (TPSA) is 84.7 Å². The molecule has 2 N–H and O–H groups in total. The van der Waals surface area contributed by atoms with Crippen molar-refractivity contribution in [1.29, 1.82) is 0 Å². The highest BCUT2D eigenvalue weighted by Gasteiger charge is 2.40.